The van der Waals surface area contributed by atoms with E-state index in [4.69, 9.17) is 6.92 Å². The number of hydrogen-bond acceptors (Lipinski definition) is 3. The third-order valence-corrected chi connectivity index (χ3v) is 0.870. The minimum absolute atomic E-state index is 0.153. The highest BCUT2D eigenvalue weighted by atomic mass is 16.6. The van der Waals surface area contributed by atoms with Crippen LogP contribution >= 0.6 is 0 Å². The maximum atomic E-state index is 9.95. The lowest BCUT2D eigenvalue weighted by Crippen LogP contribution is -1.85. The maximum Gasteiger partial charge on any atom is 0.310 e. The monoisotopic (exact) mass is 125 g/mol. The molecule has 0 fully saturated rings. The summed E-state index contributed by atoms with van der Waals surface area (Å²) in [5.41, 5.74) is -0.185. The van der Waals surface area contributed by atoms with Gasteiger partial charge in [0.25, 0.3) is 0 Å². The molecule has 0 saturated carbocycles. The summed E-state index contributed by atoms with van der Waals surface area (Å²) in [6.07, 6.45) is 1.17. The van der Waals surface area contributed by atoms with Gasteiger partial charge in [0.15, 0.2) is 5.76 Å². The van der Waals surface area contributed by atoms with Crippen LogP contribution in [0.25, 0.3) is 0 Å². The molecule has 0 atom stereocenters. The Bertz CT molecular complexity index is 228. The Morgan fingerprint density at radius 1 is 1.78 bits per heavy atom. The Hall–Kier alpha value is -1.32. The fraction of sp³-hybridized carbons (Fsp3) is 0. The SMILES string of the molecule is [CH]c1occc1[N+](=O)[O-]. The second kappa shape index (κ2) is 1.89. The summed E-state index contributed by atoms with van der Waals surface area (Å²) >= 11 is 0. The summed E-state index contributed by atoms with van der Waals surface area (Å²) in [6.45, 7) is 5.03. The summed E-state index contributed by atoms with van der Waals surface area (Å²) < 4.78 is 4.46. The van der Waals surface area contributed by atoms with Gasteiger partial charge in [0, 0.05) is 6.92 Å². The van der Waals surface area contributed by atoms with Gasteiger partial charge in [-0.25, -0.2) is 0 Å². The summed E-state index contributed by atoms with van der Waals surface area (Å²) in [4.78, 5) is 9.35. The van der Waals surface area contributed by atoms with Crippen molar-refractivity contribution in [2.75, 3.05) is 0 Å². The molecule has 9 heavy (non-hydrogen) atoms. The molecule has 0 saturated heterocycles. The van der Waals surface area contributed by atoms with Crippen molar-refractivity contribution in [3.8, 4) is 0 Å². The molecule has 1 aromatic rings. The third-order valence-electron chi connectivity index (χ3n) is 0.870. The van der Waals surface area contributed by atoms with Gasteiger partial charge in [0.2, 0.25) is 0 Å². The normalized spacial score (nSPS) is 9.44. The van der Waals surface area contributed by atoms with Crippen molar-refractivity contribution < 1.29 is 9.34 Å². The summed E-state index contributed by atoms with van der Waals surface area (Å²) in [6, 6.07) is 1.20. The Labute approximate surface area is 51.2 Å². The van der Waals surface area contributed by atoms with Crippen LogP contribution in [0, 0.1) is 17.0 Å². The second-order valence-corrected chi connectivity index (χ2v) is 1.43. The van der Waals surface area contributed by atoms with E-state index in [-0.39, 0.29) is 11.4 Å². The molecule has 0 spiro atoms. The smallest absolute Gasteiger partial charge is 0.310 e. The Morgan fingerprint density at radius 3 is 2.67 bits per heavy atom. The fourth-order valence-electron chi connectivity index (χ4n) is 0.465. The molecular weight excluding hydrogens is 122 g/mol. The zero-order chi connectivity index (χ0) is 6.85. The van der Waals surface area contributed by atoms with Crippen molar-refractivity contribution in [1.29, 1.82) is 0 Å². The van der Waals surface area contributed by atoms with Crippen LogP contribution < -0.4 is 0 Å². The van der Waals surface area contributed by atoms with Gasteiger partial charge in [0.05, 0.1) is 17.3 Å². The van der Waals surface area contributed by atoms with Gasteiger partial charge in [0.1, 0.15) is 0 Å². The summed E-state index contributed by atoms with van der Waals surface area (Å²) in [7, 11) is 0. The van der Waals surface area contributed by atoms with Gasteiger partial charge in [-0.3, -0.25) is 10.1 Å². The van der Waals surface area contributed by atoms with Crippen LogP contribution in [0.2, 0.25) is 0 Å². The van der Waals surface area contributed by atoms with Crippen LogP contribution in [-0.2, 0) is 0 Å². The molecule has 4 nitrogen and oxygen atoms in total. The number of nitrogens with zero attached hydrogens (tertiary/aromatic N) is 1. The zero-order valence-corrected chi connectivity index (χ0v) is 4.40. The van der Waals surface area contributed by atoms with Gasteiger partial charge in [-0.1, -0.05) is 0 Å². The Balaban J connectivity index is 3.08. The van der Waals surface area contributed by atoms with E-state index in [1.54, 1.807) is 0 Å². The van der Waals surface area contributed by atoms with E-state index >= 15 is 0 Å². The van der Waals surface area contributed by atoms with Crippen molar-refractivity contribution in [3.05, 3.63) is 35.1 Å². The zero-order valence-electron chi connectivity index (χ0n) is 4.40. The predicted octanol–water partition coefficient (Wildman–Crippen LogP) is 1.25. The van der Waals surface area contributed by atoms with E-state index in [1.807, 2.05) is 0 Å². The number of nitro groups is 1. The van der Waals surface area contributed by atoms with E-state index < -0.39 is 4.92 Å². The summed E-state index contributed by atoms with van der Waals surface area (Å²) in [5, 5.41) is 9.95. The van der Waals surface area contributed by atoms with E-state index in [0.29, 0.717) is 0 Å². The van der Waals surface area contributed by atoms with Crippen molar-refractivity contribution in [1.82, 2.24) is 0 Å². The molecule has 0 aliphatic heterocycles. The minimum atomic E-state index is -0.598. The van der Waals surface area contributed by atoms with Crippen molar-refractivity contribution >= 4 is 5.69 Å². The van der Waals surface area contributed by atoms with Crippen LogP contribution in [0.4, 0.5) is 5.69 Å². The molecule has 0 N–H and O–H groups in total. The molecule has 1 aromatic heterocycles. The fourth-order valence-corrected chi connectivity index (χ4v) is 0.465. The Kier molecular flexibility index (Phi) is 1.22. The van der Waals surface area contributed by atoms with Crippen molar-refractivity contribution in [3.63, 3.8) is 0 Å². The first-order chi connectivity index (χ1) is 4.22. The minimum Gasteiger partial charge on any atom is -0.462 e. The molecule has 1 rings (SSSR count). The van der Waals surface area contributed by atoms with Crippen molar-refractivity contribution in [2.24, 2.45) is 0 Å². The van der Waals surface area contributed by atoms with Gasteiger partial charge in [-0.2, -0.15) is 0 Å². The first kappa shape index (κ1) is 5.81. The standard InChI is InChI=1S/C5H3NO3/c1-4-5(6(7)8)2-3-9-4/h1-3H. The third kappa shape index (κ3) is 0.910. The molecule has 0 bridgehead atoms. The van der Waals surface area contributed by atoms with Gasteiger partial charge < -0.3 is 4.42 Å². The molecule has 2 radical (unpaired) electrons. The van der Waals surface area contributed by atoms with Crippen LogP contribution in [0.15, 0.2) is 16.7 Å². The van der Waals surface area contributed by atoms with E-state index in [0.717, 1.165) is 0 Å². The maximum absolute atomic E-state index is 9.95. The average molecular weight is 125 g/mol. The molecular formula is C5H3NO3. The highest BCUT2D eigenvalue weighted by Gasteiger charge is 2.11. The largest absolute Gasteiger partial charge is 0.462 e. The van der Waals surface area contributed by atoms with Gasteiger partial charge >= 0.3 is 5.69 Å². The molecule has 0 aliphatic rings. The van der Waals surface area contributed by atoms with Gasteiger partial charge in [-0.15, -0.1) is 0 Å². The molecule has 46 valence electrons. The van der Waals surface area contributed by atoms with Crippen LogP contribution in [0.5, 0.6) is 0 Å². The number of rotatable bonds is 1. The first-order valence-corrected chi connectivity index (χ1v) is 2.19. The molecule has 4 heteroatoms. The highest BCUT2D eigenvalue weighted by molar-refractivity contribution is 5.33. The molecule has 0 aliphatic carbocycles. The molecule has 0 amide bonds. The lowest BCUT2D eigenvalue weighted by Gasteiger charge is -1.82. The topological polar surface area (TPSA) is 56.3 Å². The van der Waals surface area contributed by atoms with Crippen LogP contribution in [0.1, 0.15) is 5.76 Å². The van der Waals surface area contributed by atoms with Crippen LogP contribution in [0.3, 0.4) is 0 Å². The van der Waals surface area contributed by atoms with E-state index in [2.05, 4.69) is 4.42 Å². The Morgan fingerprint density at radius 2 is 2.44 bits per heavy atom. The van der Waals surface area contributed by atoms with Crippen LogP contribution in [-0.4, -0.2) is 4.92 Å². The predicted molar refractivity (Wildman–Crippen MR) is 28.8 cm³/mol. The molecule has 1 heterocycles. The first-order valence-electron chi connectivity index (χ1n) is 2.19. The summed E-state index contributed by atoms with van der Waals surface area (Å²) in [5.74, 6) is -0.153. The molecule has 0 aromatic carbocycles. The lowest BCUT2D eigenvalue weighted by molar-refractivity contribution is -0.385. The average Bonchev–Trinajstić information content (AvgIpc) is 2.13. The van der Waals surface area contributed by atoms with Crippen molar-refractivity contribution in [2.45, 2.75) is 0 Å². The number of furan rings is 1. The van der Waals surface area contributed by atoms with E-state index in [1.165, 1.54) is 12.3 Å². The lowest BCUT2D eigenvalue weighted by atomic mass is 10.4. The number of hydrogen-bond donors (Lipinski definition) is 0. The quantitative estimate of drug-likeness (QED) is 0.419. The second-order valence-electron chi connectivity index (χ2n) is 1.43. The highest BCUT2D eigenvalue weighted by Crippen LogP contribution is 2.16. The van der Waals surface area contributed by atoms with E-state index in [9.17, 15) is 10.1 Å². The van der Waals surface area contributed by atoms with Gasteiger partial charge in [-0.05, 0) is 0 Å². The molecule has 0 unspecified atom stereocenters.